The van der Waals surface area contributed by atoms with E-state index in [9.17, 15) is 26.7 Å². The monoisotopic (exact) mass is 412 g/mol. The number of hydrogen-bond donors (Lipinski definition) is 0. The molecular weight excluding hydrogens is 399 g/mol. The molecule has 7 nitrogen and oxygen atoms in total. The normalized spacial score (nSPS) is 14.7. The lowest BCUT2D eigenvalue weighted by Gasteiger charge is -2.35. The van der Waals surface area contributed by atoms with Crippen LogP contribution in [0.25, 0.3) is 5.65 Å². The minimum atomic E-state index is -2.25. The number of fused-ring (bicyclic) bond motifs is 1. The SMILES string of the molecule is O=C(Cc1c(F)c(F)c(F)c(F)c1F)N1CCN(c2ccc3nncn3n2)CC1. The molecule has 0 aliphatic carbocycles. The lowest BCUT2D eigenvalue weighted by molar-refractivity contribution is -0.130. The maximum Gasteiger partial charge on any atom is 0.227 e. The Bertz CT molecular complexity index is 1070. The van der Waals surface area contributed by atoms with Crippen LogP contribution < -0.4 is 4.90 Å². The van der Waals surface area contributed by atoms with Gasteiger partial charge in [0.25, 0.3) is 0 Å². The standard InChI is InChI=1S/C17H13F5N6O/c18-13-9(14(19)16(21)17(22)15(13)20)7-12(29)27-5-3-26(4-6-27)11-2-1-10-24-23-8-28(10)25-11/h1-2,8H,3-7H2. The van der Waals surface area contributed by atoms with Crippen LogP contribution in [-0.2, 0) is 11.2 Å². The van der Waals surface area contributed by atoms with Gasteiger partial charge in [-0.15, -0.1) is 15.3 Å². The molecule has 4 rings (SSSR count). The third kappa shape index (κ3) is 3.34. The minimum Gasteiger partial charge on any atom is -0.352 e. The number of benzene rings is 1. The van der Waals surface area contributed by atoms with Crippen molar-refractivity contribution in [2.75, 3.05) is 31.1 Å². The van der Waals surface area contributed by atoms with Gasteiger partial charge in [0.1, 0.15) is 12.1 Å². The van der Waals surface area contributed by atoms with Crippen molar-refractivity contribution in [1.29, 1.82) is 0 Å². The number of aromatic nitrogens is 4. The maximum absolute atomic E-state index is 13.8. The molecule has 0 radical (unpaired) electrons. The van der Waals surface area contributed by atoms with Gasteiger partial charge in [-0.25, -0.2) is 22.0 Å². The summed E-state index contributed by atoms with van der Waals surface area (Å²) in [7, 11) is 0. The first kappa shape index (κ1) is 19.0. The lowest BCUT2D eigenvalue weighted by Crippen LogP contribution is -2.49. The number of nitrogens with zero attached hydrogens (tertiary/aromatic N) is 6. The highest BCUT2D eigenvalue weighted by atomic mass is 19.2. The van der Waals surface area contributed by atoms with Gasteiger partial charge in [0.05, 0.1) is 6.42 Å². The smallest absolute Gasteiger partial charge is 0.227 e. The summed E-state index contributed by atoms with van der Waals surface area (Å²) in [6.45, 7) is 1.17. The molecule has 1 aliphatic rings. The molecule has 1 aromatic carbocycles. The first-order valence-electron chi connectivity index (χ1n) is 8.57. The second-order valence-corrected chi connectivity index (χ2v) is 6.42. The van der Waals surface area contributed by atoms with Crippen LogP contribution in [0, 0.1) is 29.1 Å². The number of carbonyl (C=O) groups is 1. The molecule has 152 valence electrons. The molecule has 1 amide bonds. The molecule has 1 saturated heterocycles. The maximum atomic E-state index is 13.8. The highest BCUT2D eigenvalue weighted by Crippen LogP contribution is 2.24. The molecule has 1 fully saturated rings. The van der Waals surface area contributed by atoms with E-state index in [4.69, 9.17) is 0 Å². The molecule has 0 bridgehead atoms. The van der Waals surface area contributed by atoms with Gasteiger partial charge in [-0.05, 0) is 12.1 Å². The van der Waals surface area contributed by atoms with Gasteiger partial charge in [-0.3, -0.25) is 4.79 Å². The van der Waals surface area contributed by atoms with E-state index >= 15 is 0 Å². The van der Waals surface area contributed by atoms with Crippen LogP contribution in [0.2, 0.25) is 0 Å². The zero-order chi connectivity index (χ0) is 20.7. The van der Waals surface area contributed by atoms with Crippen molar-refractivity contribution in [3.63, 3.8) is 0 Å². The summed E-state index contributed by atoms with van der Waals surface area (Å²) < 4.78 is 68.8. The van der Waals surface area contributed by atoms with E-state index < -0.39 is 47.0 Å². The van der Waals surface area contributed by atoms with Crippen molar-refractivity contribution in [1.82, 2.24) is 24.7 Å². The van der Waals surface area contributed by atoms with Crippen molar-refractivity contribution in [2.45, 2.75) is 6.42 Å². The summed E-state index contributed by atoms with van der Waals surface area (Å²) in [5.41, 5.74) is -0.557. The third-order valence-electron chi connectivity index (χ3n) is 4.73. The van der Waals surface area contributed by atoms with Crippen molar-refractivity contribution in [3.8, 4) is 0 Å². The molecule has 3 heterocycles. The Morgan fingerprint density at radius 3 is 2.17 bits per heavy atom. The first-order chi connectivity index (χ1) is 13.9. The fourth-order valence-electron chi connectivity index (χ4n) is 3.14. The number of piperazine rings is 1. The average molecular weight is 412 g/mol. The van der Waals surface area contributed by atoms with Crippen LogP contribution in [0.3, 0.4) is 0 Å². The number of anilines is 1. The highest BCUT2D eigenvalue weighted by molar-refractivity contribution is 5.79. The Kier molecular flexibility index (Phi) is 4.76. The van der Waals surface area contributed by atoms with E-state index in [1.165, 1.54) is 15.7 Å². The number of halogens is 5. The Morgan fingerprint density at radius 2 is 1.52 bits per heavy atom. The molecule has 0 unspecified atom stereocenters. The Morgan fingerprint density at radius 1 is 0.897 bits per heavy atom. The topological polar surface area (TPSA) is 66.6 Å². The molecular formula is C17H13F5N6O. The van der Waals surface area contributed by atoms with Crippen molar-refractivity contribution < 1.29 is 26.7 Å². The van der Waals surface area contributed by atoms with E-state index in [0.29, 0.717) is 24.6 Å². The molecule has 0 N–H and O–H groups in total. The summed E-state index contributed by atoms with van der Waals surface area (Å²) >= 11 is 0. The molecule has 2 aromatic heterocycles. The molecule has 1 aliphatic heterocycles. The van der Waals surface area contributed by atoms with Gasteiger partial charge in [0.2, 0.25) is 11.7 Å². The fraction of sp³-hybridized carbons (Fsp3) is 0.294. The summed E-state index contributed by atoms with van der Waals surface area (Å²) in [4.78, 5) is 15.6. The molecule has 12 heteroatoms. The van der Waals surface area contributed by atoms with E-state index in [2.05, 4.69) is 15.3 Å². The molecule has 3 aromatic rings. The van der Waals surface area contributed by atoms with Crippen LogP contribution in [-0.4, -0.2) is 56.8 Å². The van der Waals surface area contributed by atoms with Gasteiger partial charge in [0, 0.05) is 31.7 Å². The average Bonchev–Trinajstić information content (AvgIpc) is 3.22. The number of amides is 1. The Labute approximate surface area is 160 Å². The molecule has 29 heavy (non-hydrogen) atoms. The first-order valence-corrected chi connectivity index (χ1v) is 8.57. The van der Waals surface area contributed by atoms with Gasteiger partial charge in [0.15, 0.2) is 28.9 Å². The second-order valence-electron chi connectivity index (χ2n) is 6.42. The number of carbonyl (C=O) groups excluding carboxylic acids is 1. The molecule has 0 spiro atoms. The highest BCUT2D eigenvalue weighted by Gasteiger charge is 2.29. The third-order valence-corrected chi connectivity index (χ3v) is 4.73. The van der Waals surface area contributed by atoms with Crippen LogP contribution in [0.1, 0.15) is 5.56 Å². The summed E-state index contributed by atoms with van der Waals surface area (Å²) in [6.07, 6.45) is 0.527. The van der Waals surface area contributed by atoms with E-state index in [1.54, 1.807) is 12.1 Å². The largest absolute Gasteiger partial charge is 0.352 e. The van der Waals surface area contributed by atoms with E-state index in [0.717, 1.165) is 0 Å². The summed E-state index contributed by atoms with van der Waals surface area (Å²) in [6, 6.07) is 3.48. The predicted octanol–water partition coefficient (Wildman–Crippen LogP) is 1.71. The fourth-order valence-corrected chi connectivity index (χ4v) is 3.14. The van der Waals surface area contributed by atoms with Gasteiger partial charge in [-0.1, -0.05) is 0 Å². The van der Waals surface area contributed by atoms with Crippen molar-refractivity contribution in [2.24, 2.45) is 0 Å². The van der Waals surface area contributed by atoms with E-state index in [1.807, 2.05) is 4.90 Å². The quantitative estimate of drug-likeness (QED) is 0.372. The Hall–Kier alpha value is -3.31. The van der Waals surface area contributed by atoms with Gasteiger partial charge < -0.3 is 9.80 Å². The predicted molar refractivity (Wildman–Crippen MR) is 89.5 cm³/mol. The van der Waals surface area contributed by atoms with Crippen molar-refractivity contribution in [3.05, 3.63) is 53.1 Å². The second kappa shape index (κ2) is 7.26. The number of hydrogen-bond acceptors (Lipinski definition) is 5. The number of rotatable bonds is 3. The van der Waals surface area contributed by atoms with Crippen molar-refractivity contribution >= 4 is 17.4 Å². The van der Waals surface area contributed by atoms with E-state index in [-0.39, 0.29) is 13.1 Å². The zero-order valence-electron chi connectivity index (χ0n) is 14.7. The minimum absolute atomic E-state index is 0.204. The van der Waals surface area contributed by atoms with Crippen LogP contribution in [0.5, 0.6) is 0 Å². The van der Waals surface area contributed by atoms with Crippen LogP contribution >= 0.6 is 0 Å². The van der Waals surface area contributed by atoms with Gasteiger partial charge >= 0.3 is 0 Å². The van der Waals surface area contributed by atoms with Gasteiger partial charge in [-0.2, -0.15) is 4.52 Å². The van der Waals surface area contributed by atoms with Crippen LogP contribution in [0.15, 0.2) is 18.5 Å². The molecule has 0 saturated carbocycles. The van der Waals surface area contributed by atoms with Crippen LogP contribution in [0.4, 0.5) is 27.8 Å². The lowest BCUT2D eigenvalue weighted by atomic mass is 10.1. The molecule has 0 atom stereocenters. The summed E-state index contributed by atoms with van der Waals surface area (Å²) in [5.74, 6) is -10.4. The summed E-state index contributed by atoms with van der Waals surface area (Å²) in [5, 5.41) is 11.9. The zero-order valence-corrected chi connectivity index (χ0v) is 14.7. The Balaban J connectivity index is 1.44.